The van der Waals surface area contributed by atoms with Crippen molar-refractivity contribution in [2.45, 2.75) is 6.04 Å². The highest BCUT2D eigenvalue weighted by Crippen LogP contribution is 2.28. The number of carbonyl (C=O) groups excluding carboxylic acids is 1. The zero-order valence-corrected chi connectivity index (χ0v) is 17.0. The summed E-state index contributed by atoms with van der Waals surface area (Å²) in [6.07, 6.45) is 5.11. The second-order valence-corrected chi connectivity index (χ2v) is 7.72. The first-order valence-electron chi connectivity index (χ1n) is 10.1. The van der Waals surface area contributed by atoms with Crippen molar-refractivity contribution in [2.75, 3.05) is 26.7 Å². The van der Waals surface area contributed by atoms with Crippen LogP contribution in [0.25, 0.3) is 16.6 Å². The molecule has 1 amide bonds. The van der Waals surface area contributed by atoms with Crippen LogP contribution in [0.5, 0.6) is 0 Å². The molecular weight excluding hydrogens is 395 g/mol. The number of hydrogen-bond donors (Lipinski definition) is 0. The molecule has 0 aliphatic carbocycles. The highest BCUT2D eigenvalue weighted by molar-refractivity contribution is 5.94. The van der Waals surface area contributed by atoms with Crippen LogP contribution in [0.4, 0.5) is 4.39 Å². The van der Waals surface area contributed by atoms with E-state index in [4.69, 9.17) is 0 Å². The smallest absolute Gasteiger partial charge is 0.254 e. The van der Waals surface area contributed by atoms with E-state index in [1.54, 1.807) is 35.1 Å². The van der Waals surface area contributed by atoms with Gasteiger partial charge in [0.25, 0.3) is 5.91 Å². The average molecular weight is 416 g/mol. The Kier molecular flexibility index (Phi) is 4.91. The van der Waals surface area contributed by atoms with Crippen molar-refractivity contribution in [3.8, 4) is 11.1 Å². The van der Waals surface area contributed by atoms with Gasteiger partial charge in [-0.2, -0.15) is 0 Å². The standard InChI is InChI=1S/C23H21FN6O/c1-28-11-12-29(23(31)16-7-9-25-10-8-16)15-21(28)22-20-6-5-18(14-30(20)27-26-22)17-3-2-4-19(24)13-17/h2-10,13-14,21H,11-12,15H2,1H3/t21-/m1/s1. The number of benzene rings is 1. The third kappa shape index (κ3) is 3.66. The SMILES string of the molecule is CN1CCN(C(=O)c2ccncc2)C[C@@H]1c1nnn2cc(-c3cccc(F)c3)ccc12. The minimum Gasteiger partial charge on any atom is -0.335 e. The molecule has 4 heterocycles. The predicted molar refractivity (Wildman–Crippen MR) is 114 cm³/mol. The van der Waals surface area contributed by atoms with Crippen LogP contribution in [0, 0.1) is 5.82 Å². The van der Waals surface area contributed by atoms with Gasteiger partial charge < -0.3 is 4.90 Å². The van der Waals surface area contributed by atoms with Gasteiger partial charge in [-0.1, -0.05) is 23.4 Å². The lowest BCUT2D eigenvalue weighted by Crippen LogP contribution is -2.49. The first-order valence-corrected chi connectivity index (χ1v) is 10.1. The van der Waals surface area contributed by atoms with Crippen LogP contribution in [0.1, 0.15) is 22.1 Å². The quantitative estimate of drug-likeness (QED) is 0.514. The van der Waals surface area contributed by atoms with E-state index in [1.807, 2.05) is 36.3 Å². The highest BCUT2D eigenvalue weighted by Gasteiger charge is 2.32. The van der Waals surface area contributed by atoms with E-state index in [2.05, 4.69) is 20.2 Å². The van der Waals surface area contributed by atoms with Gasteiger partial charge in [-0.15, -0.1) is 5.10 Å². The summed E-state index contributed by atoms with van der Waals surface area (Å²) in [5, 5.41) is 8.74. The van der Waals surface area contributed by atoms with E-state index >= 15 is 0 Å². The number of piperazine rings is 1. The summed E-state index contributed by atoms with van der Waals surface area (Å²) in [6.45, 7) is 1.91. The fraction of sp³-hybridized carbons (Fsp3) is 0.217. The number of hydrogen-bond acceptors (Lipinski definition) is 5. The number of amides is 1. The van der Waals surface area contributed by atoms with E-state index in [0.717, 1.165) is 28.9 Å². The molecule has 1 aliphatic heterocycles. The summed E-state index contributed by atoms with van der Waals surface area (Å²) in [4.78, 5) is 21.0. The third-order valence-electron chi connectivity index (χ3n) is 5.78. The molecular formula is C23H21FN6O. The van der Waals surface area contributed by atoms with Crippen molar-refractivity contribution in [1.29, 1.82) is 0 Å². The summed E-state index contributed by atoms with van der Waals surface area (Å²) in [5.74, 6) is -0.287. The minimum absolute atomic E-state index is 0.00892. The largest absolute Gasteiger partial charge is 0.335 e. The van der Waals surface area contributed by atoms with E-state index in [0.29, 0.717) is 18.7 Å². The monoisotopic (exact) mass is 416 g/mol. The molecule has 1 aliphatic rings. The molecule has 4 aromatic rings. The number of halogens is 1. The summed E-state index contributed by atoms with van der Waals surface area (Å²) in [5.41, 5.74) is 3.96. The molecule has 0 N–H and O–H groups in total. The molecule has 8 heteroatoms. The van der Waals surface area contributed by atoms with Crippen molar-refractivity contribution < 1.29 is 9.18 Å². The Morgan fingerprint density at radius 1 is 1.06 bits per heavy atom. The Balaban J connectivity index is 1.44. The Morgan fingerprint density at radius 3 is 2.71 bits per heavy atom. The van der Waals surface area contributed by atoms with Crippen molar-refractivity contribution in [2.24, 2.45) is 0 Å². The van der Waals surface area contributed by atoms with E-state index < -0.39 is 0 Å². The summed E-state index contributed by atoms with van der Waals surface area (Å²) < 4.78 is 15.3. The maximum absolute atomic E-state index is 13.6. The van der Waals surface area contributed by atoms with Crippen LogP contribution in [-0.4, -0.2) is 62.2 Å². The van der Waals surface area contributed by atoms with Crippen LogP contribution in [0.3, 0.4) is 0 Å². The van der Waals surface area contributed by atoms with Gasteiger partial charge in [0, 0.05) is 49.4 Å². The van der Waals surface area contributed by atoms with Gasteiger partial charge in [0.15, 0.2) is 0 Å². The van der Waals surface area contributed by atoms with Crippen LogP contribution in [0.15, 0.2) is 67.1 Å². The molecule has 1 aromatic carbocycles. The Labute approximate surface area is 178 Å². The summed E-state index contributed by atoms with van der Waals surface area (Å²) in [7, 11) is 2.03. The molecule has 0 bridgehead atoms. The number of pyridine rings is 2. The van der Waals surface area contributed by atoms with Gasteiger partial charge in [-0.25, -0.2) is 8.91 Å². The maximum Gasteiger partial charge on any atom is 0.254 e. The topological polar surface area (TPSA) is 66.6 Å². The van der Waals surface area contributed by atoms with Crippen molar-refractivity contribution >= 4 is 11.4 Å². The number of carbonyl (C=O) groups is 1. The molecule has 0 radical (unpaired) electrons. The Morgan fingerprint density at radius 2 is 1.90 bits per heavy atom. The molecule has 1 fully saturated rings. The lowest BCUT2D eigenvalue weighted by atomic mass is 10.0. The van der Waals surface area contributed by atoms with Gasteiger partial charge in [0.1, 0.15) is 11.5 Å². The maximum atomic E-state index is 13.6. The first-order chi connectivity index (χ1) is 15.1. The Bertz CT molecular complexity index is 1240. The van der Waals surface area contributed by atoms with Crippen molar-refractivity contribution in [3.63, 3.8) is 0 Å². The second kappa shape index (κ2) is 7.88. The van der Waals surface area contributed by atoms with Gasteiger partial charge in [-0.05, 0) is 42.9 Å². The van der Waals surface area contributed by atoms with Gasteiger partial charge in [0.2, 0.25) is 0 Å². The Hall–Kier alpha value is -3.65. The van der Waals surface area contributed by atoms with E-state index in [-0.39, 0.29) is 17.8 Å². The predicted octanol–water partition coefficient (Wildman–Crippen LogP) is 3.06. The molecule has 0 unspecified atom stereocenters. The van der Waals surface area contributed by atoms with E-state index in [1.165, 1.54) is 12.1 Å². The van der Waals surface area contributed by atoms with Crippen molar-refractivity contribution in [1.82, 2.24) is 29.6 Å². The van der Waals surface area contributed by atoms with Gasteiger partial charge in [0.05, 0.1) is 11.6 Å². The number of fused-ring (bicyclic) bond motifs is 1. The normalized spacial score (nSPS) is 17.2. The molecule has 3 aromatic heterocycles. The third-order valence-corrected chi connectivity index (χ3v) is 5.78. The molecule has 1 saturated heterocycles. The van der Waals surface area contributed by atoms with Crippen molar-refractivity contribution in [3.05, 3.63) is 84.2 Å². The summed E-state index contributed by atoms with van der Waals surface area (Å²) >= 11 is 0. The van der Waals surface area contributed by atoms with E-state index in [9.17, 15) is 9.18 Å². The molecule has 0 spiro atoms. The fourth-order valence-electron chi connectivity index (χ4n) is 4.02. The molecule has 1 atom stereocenters. The lowest BCUT2D eigenvalue weighted by molar-refractivity contribution is 0.0542. The summed E-state index contributed by atoms with van der Waals surface area (Å²) in [6, 6.07) is 13.8. The van der Waals surface area contributed by atoms with Gasteiger partial charge >= 0.3 is 0 Å². The second-order valence-electron chi connectivity index (χ2n) is 7.72. The van der Waals surface area contributed by atoms with Crippen LogP contribution in [-0.2, 0) is 0 Å². The molecule has 7 nitrogen and oxygen atoms in total. The van der Waals surface area contributed by atoms with Gasteiger partial charge in [-0.3, -0.25) is 14.7 Å². The van der Waals surface area contributed by atoms with Crippen LogP contribution in [0.2, 0.25) is 0 Å². The first kappa shape index (κ1) is 19.3. The zero-order chi connectivity index (χ0) is 21.4. The molecule has 156 valence electrons. The number of likely N-dealkylation sites (N-methyl/N-ethyl adjacent to an activating group) is 1. The minimum atomic E-state index is -0.278. The number of rotatable bonds is 3. The number of aromatic nitrogens is 4. The average Bonchev–Trinajstić information content (AvgIpc) is 3.22. The molecule has 31 heavy (non-hydrogen) atoms. The number of nitrogens with zero attached hydrogens (tertiary/aromatic N) is 6. The van der Waals surface area contributed by atoms with Crippen LogP contribution < -0.4 is 0 Å². The fourth-order valence-corrected chi connectivity index (χ4v) is 4.02. The highest BCUT2D eigenvalue weighted by atomic mass is 19.1. The molecule has 5 rings (SSSR count). The van der Waals surface area contributed by atoms with Crippen LogP contribution >= 0.6 is 0 Å². The molecule has 0 saturated carbocycles. The lowest BCUT2D eigenvalue weighted by Gasteiger charge is -2.38. The zero-order valence-electron chi connectivity index (χ0n) is 17.0.